The minimum absolute atomic E-state index is 0. The summed E-state index contributed by atoms with van der Waals surface area (Å²) in [4.78, 5) is 0. The third-order valence-corrected chi connectivity index (χ3v) is 3.67. The number of rotatable bonds is 1. The van der Waals surface area contributed by atoms with Gasteiger partial charge in [-0.2, -0.15) is 12.7 Å². The van der Waals surface area contributed by atoms with E-state index in [1.54, 1.807) is 0 Å². The van der Waals surface area contributed by atoms with Gasteiger partial charge in [-0.1, -0.05) is 6.42 Å². The molecule has 0 atom stereocenters. The molecule has 0 bridgehead atoms. The number of piperidine rings is 1. The van der Waals surface area contributed by atoms with Crippen molar-refractivity contribution in [2.45, 2.75) is 38.6 Å². The lowest BCUT2D eigenvalue weighted by molar-refractivity contribution is 0.170. The monoisotopic (exact) mass is 209 g/mol. The summed E-state index contributed by atoms with van der Waals surface area (Å²) < 4.78 is 23.6. The Morgan fingerprint density at radius 3 is 2.15 bits per heavy atom. The predicted octanol–water partition coefficient (Wildman–Crippen LogP) is 0.616. The smallest absolute Gasteiger partial charge is 0.277 e. The second kappa shape index (κ2) is 3.91. The van der Waals surface area contributed by atoms with Crippen LogP contribution in [-0.4, -0.2) is 24.8 Å². The van der Waals surface area contributed by atoms with Crippen molar-refractivity contribution < 1.29 is 8.42 Å². The molecule has 80 valence electrons. The van der Waals surface area contributed by atoms with E-state index >= 15 is 0 Å². The lowest BCUT2D eigenvalue weighted by Crippen LogP contribution is -2.52. The Balaban J connectivity index is 0.00000144. The van der Waals surface area contributed by atoms with Gasteiger partial charge in [0.2, 0.25) is 0 Å². The molecular formula is C7H19N3O2S. The van der Waals surface area contributed by atoms with Gasteiger partial charge in [-0.3, -0.25) is 0 Å². The molecule has 13 heavy (non-hydrogen) atoms. The van der Waals surface area contributed by atoms with Crippen LogP contribution in [0.3, 0.4) is 0 Å². The topological polar surface area (TPSA) is 98.4 Å². The van der Waals surface area contributed by atoms with Crippen molar-refractivity contribution in [3.05, 3.63) is 0 Å². The summed E-state index contributed by atoms with van der Waals surface area (Å²) in [6.45, 7) is 4.39. The first-order chi connectivity index (χ1) is 5.34. The highest BCUT2D eigenvalue weighted by Crippen LogP contribution is 2.28. The maximum atomic E-state index is 11.1. The van der Waals surface area contributed by atoms with E-state index in [-0.39, 0.29) is 11.7 Å². The van der Waals surface area contributed by atoms with E-state index < -0.39 is 10.2 Å². The van der Waals surface area contributed by atoms with Crippen LogP contribution >= 0.6 is 0 Å². The van der Waals surface area contributed by atoms with Crippen LogP contribution < -0.4 is 11.3 Å². The van der Waals surface area contributed by atoms with Crippen molar-refractivity contribution in [3.8, 4) is 0 Å². The van der Waals surface area contributed by atoms with Crippen molar-refractivity contribution >= 4 is 10.2 Å². The SMILES string of the molecule is CC1(C)CCCCN1S(N)(=O)=O.N. The Kier molecular flexibility index (Phi) is 3.86. The quantitative estimate of drug-likeness (QED) is 0.662. The minimum Gasteiger partial charge on any atom is -0.344 e. The van der Waals surface area contributed by atoms with Crippen LogP contribution in [0.15, 0.2) is 0 Å². The molecule has 5 nitrogen and oxygen atoms in total. The second-order valence-corrected chi connectivity index (χ2v) is 5.36. The normalized spacial score (nSPS) is 23.6. The van der Waals surface area contributed by atoms with Crippen LogP contribution in [0.2, 0.25) is 0 Å². The van der Waals surface area contributed by atoms with Gasteiger partial charge in [0.25, 0.3) is 10.2 Å². The summed E-state index contributed by atoms with van der Waals surface area (Å²) in [5.74, 6) is 0. The lowest BCUT2D eigenvalue weighted by atomic mass is 9.93. The summed E-state index contributed by atoms with van der Waals surface area (Å²) >= 11 is 0. The molecule has 0 unspecified atom stereocenters. The molecule has 0 aliphatic carbocycles. The van der Waals surface area contributed by atoms with Gasteiger partial charge in [0.05, 0.1) is 0 Å². The maximum absolute atomic E-state index is 11.1. The zero-order valence-electron chi connectivity index (χ0n) is 8.28. The molecule has 1 heterocycles. The minimum atomic E-state index is -3.50. The van der Waals surface area contributed by atoms with Crippen LogP contribution in [0, 0.1) is 0 Å². The average molecular weight is 209 g/mol. The van der Waals surface area contributed by atoms with Gasteiger partial charge in [-0.15, -0.1) is 0 Å². The van der Waals surface area contributed by atoms with Crippen LogP contribution in [0.5, 0.6) is 0 Å². The molecule has 1 rings (SSSR count). The van der Waals surface area contributed by atoms with Gasteiger partial charge < -0.3 is 6.15 Å². The Bertz CT molecular complexity index is 261. The first kappa shape index (κ1) is 12.8. The van der Waals surface area contributed by atoms with Crippen molar-refractivity contribution in [3.63, 3.8) is 0 Å². The number of hydrogen-bond donors (Lipinski definition) is 2. The highest BCUT2D eigenvalue weighted by Gasteiger charge is 2.35. The van der Waals surface area contributed by atoms with E-state index in [1.807, 2.05) is 13.8 Å². The van der Waals surface area contributed by atoms with Gasteiger partial charge in [-0.05, 0) is 26.7 Å². The fourth-order valence-corrected chi connectivity index (χ4v) is 2.88. The van der Waals surface area contributed by atoms with Crippen LogP contribution in [0.4, 0.5) is 0 Å². The van der Waals surface area contributed by atoms with E-state index in [0.29, 0.717) is 6.54 Å². The van der Waals surface area contributed by atoms with Crippen LogP contribution in [0.25, 0.3) is 0 Å². The van der Waals surface area contributed by atoms with E-state index in [0.717, 1.165) is 19.3 Å². The van der Waals surface area contributed by atoms with Crippen LogP contribution in [0.1, 0.15) is 33.1 Å². The van der Waals surface area contributed by atoms with E-state index in [2.05, 4.69) is 0 Å². The molecular weight excluding hydrogens is 190 g/mol. The summed E-state index contributed by atoms with van der Waals surface area (Å²) in [6.07, 6.45) is 2.89. The number of hydrogen-bond acceptors (Lipinski definition) is 3. The summed E-state index contributed by atoms with van der Waals surface area (Å²) in [6, 6.07) is 0. The first-order valence-corrected chi connectivity index (χ1v) is 5.65. The Labute approximate surface area is 80.1 Å². The van der Waals surface area contributed by atoms with Gasteiger partial charge in [0.15, 0.2) is 0 Å². The maximum Gasteiger partial charge on any atom is 0.277 e. The molecule has 0 aromatic carbocycles. The molecule has 0 spiro atoms. The zero-order valence-corrected chi connectivity index (χ0v) is 9.10. The van der Waals surface area contributed by atoms with Gasteiger partial charge in [0.1, 0.15) is 0 Å². The first-order valence-electron chi connectivity index (χ1n) is 4.14. The van der Waals surface area contributed by atoms with Crippen molar-refractivity contribution in [2.24, 2.45) is 5.14 Å². The van der Waals surface area contributed by atoms with Gasteiger partial charge in [-0.25, -0.2) is 5.14 Å². The van der Waals surface area contributed by atoms with E-state index in [1.165, 1.54) is 4.31 Å². The fraction of sp³-hybridized carbons (Fsp3) is 1.00. The fourth-order valence-electron chi connectivity index (χ4n) is 1.71. The van der Waals surface area contributed by atoms with Gasteiger partial charge in [0, 0.05) is 12.1 Å². The van der Waals surface area contributed by atoms with E-state index in [4.69, 9.17) is 5.14 Å². The molecule has 1 aliphatic heterocycles. The molecule has 0 aromatic heterocycles. The Morgan fingerprint density at radius 2 is 1.85 bits per heavy atom. The molecule has 1 fully saturated rings. The van der Waals surface area contributed by atoms with Crippen LogP contribution in [-0.2, 0) is 10.2 Å². The van der Waals surface area contributed by atoms with Gasteiger partial charge >= 0.3 is 0 Å². The molecule has 1 aliphatic rings. The summed E-state index contributed by atoms with van der Waals surface area (Å²) in [5, 5.41) is 5.08. The molecule has 1 saturated heterocycles. The van der Waals surface area contributed by atoms with E-state index in [9.17, 15) is 8.42 Å². The summed E-state index contributed by atoms with van der Waals surface area (Å²) in [5.41, 5.74) is -0.300. The molecule has 6 heteroatoms. The number of nitrogens with zero attached hydrogens (tertiary/aromatic N) is 1. The summed E-state index contributed by atoms with van der Waals surface area (Å²) in [7, 11) is -3.50. The lowest BCUT2D eigenvalue weighted by Gasteiger charge is -2.39. The van der Waals surface area contributed by atoms with Crippen molar-refractivity contribution in [2.75, 3.05) is 6.54 Å². The molecule has 5 N–H and O–H groups in total. The standard InChI is InChI=1S/C7H16N2O2S.H3N/c1-7(2)5-3-4-6-9(7)12(8,10)11;/h3-6H2,1-2H3,(H2,8,10,11);1H3. The molecule has 0 amide bonds. The second-order valence-electron chi connectivity index (χ2n) is 3.89. The average Bonchev–Trinajstić information content (AvgIpc) is 1.83. The Hall–Kier alpha value is -0.170. The Morgan fingerprint density at radius 1 is 1.31 bits per heavy atom. The largest absolute Gasteiger partial charge is 0.344 e. The highest BCUT2D eigenvalue weighted by atomic mass is 32.2. The molecule has 0 aromatic rings. The van der Waals surface area contributed by atoms with Crippen molar-refractivity contribution in [1.29, 1.82) is 0 Å². The predicted molar refractivity (Wildman–Crippen MR) is 52.8 cm³/mol. The molecule has 0 saturated carbocycles. The molecule has 0 radical (unpaired) electrons. The highest BCUT2D eigenvalue weighted by molar-refractivity contribution is 7.86. The number of nitrogens with two attached hydrogens (primary N) is 1. The zero-order chi connectivity index (χ0) is 9.41. The third kappa shape index (κ3) is 2.91. The van der Waals surface area contributed by atoms with Crippen molar-refractivity contribution in [1.82, 2.24) is 10.5 Å². The third-order valence-electron chi connectivity index (χ3n) is 2.38.